The third-order valence-corrected chi connectivity index (χ3v) is 5.39. The fourth-order valence-electron chi connectivity index (χ4n) is 3.01. The molecule has 0 fully saturated rings. The second-order valence-electron chi connectivity index (χ2n) is 8.31. The molecule has 4 rings (SSSR count). The highest BCUT2D eigenvalue weighted by molar-refractivity contribution is 9.10. The monoisotopic (exact) mass is 664 g/mol. The van der Waals surface area contributed by atoms with Crippen LogP contribution in [-0.4, -0.2) is 74.6 Å². The first-order valence-electron chi connectivity index (χ1n) is 11.6. The molecule has 42 heavy (non-hydrogen) atoms. The largest absolute Gasteiger partial charge is 0.492 e. The van der Waals surface area contributed by atoms with Crippen LogP contribution >= 0.6 is 15.9 Å². The maximum atomic E-state index is 10.6. The van der Waals surface area contributed by atoms with Gasteiger partial charge in [0.1, 0.15) is 23.7 Å². The van der Waals surface area contributed by atoms with Crippen LogP contribution in [0.3, 0.4) is 0 Å². The van der Waals surface area contributed by atoms with Crippen LogP contribution in [0.25, 0.3) is 22.6 Å². The lowest BCUT2D eigenvalue weighted by molar-refractivity contribution is -0.193. The zero-order valence-electron chi connectivity index (χ0n) is 21.6. The van der Waals surface area contributed by atoms with E-state index in [1.807, 2.05) is 36.4 Å². The lowest BCUT2D eigenvalue weighted by Gasteiger charge is -2.17. The van der Waals surface area contributed by atoms with Crippen LogP contribution in [0, 0.1) is 0 Å². The van der Waals surface area contributed by atoms with Gasteiger partial charge in [-0.25, -0.2) is 19.6 Å². The van der Waals surface area contributed by atoms with Crippen molar-refractivity contribution in [1.29, 1.82) is 0 Å². The Hall–Kier alpha value is -4.18. The number of benzene rings is 2. The number of nitrogens with zero attached hydrogens (tertiary/aromatic N) is 3. The summed E-state index contributed by atoms with van der Waals surface area (Å²) in [5.74, 6) is -3.86. The van der Waals surface area contributed by atoms with E-state index in [0.717, 1.165) is 45.9 Å². The standard InChI is InChI=1S/C22H21BrN4O.2C2HF3O2/c1-27(15-16-5-3-2-4-6-16)11-12-28-19-9-7-17(8-10-19)21-25-20-13-18(23)14-24-22(20)26-21;2*3-2(4,5)1(6)7/h2-10,13-14H,11-12,15H2,1H3,(H,24,25,26);2*(H,6,7). The molecule has 16 heteroatoms. The van der Waals surface area contributed by atoms with E-state index < -0.39 is 24.3 Å². The number of halogens is 7. The number of aromatic nitrogens is 3. The molecule has 2 heterocycles. The zero-order chi connectivity index (χ0) is 31.5. The van der Waals surface area contributed by atoms with Crippen LogP contribution in [0.1, 0.15) is 5.56 Å². The molecule has 9 nitrogen and oxygen atoms in total. The summed E-state index contributed by atoms with van der Waals surface area (Å²) in [6, 6.07) is 20.4. The Bertz CT molecular complexity index is 1420. The van der Waals surface area contributed by atoms with Crippen LogP contribution < -0.4 is 4.74 Å². The minimum absolute atomic E-state index is 0.644. The molecule has 226 valence electrons. The van der Waals surface area contributed by atoms with Crippen molar-refractivity contribution >= 4 is 39.0 Å². The van der Waals surface area contributed by atoms with Crippen molar-refractivity contribution < 1.29 is 50.9 Å². The predicted molar refractivity (Wildman–Crippen MR) is 143 cm³/mol. The van der Waals surface area contributed by atoms with Crippen molar-refractivity contribution in [3.05, 3.63) is 76.9 Å². The number of aromatic amines is 1. The number of likely N-dealkylation sites (N-methyl/N-ethyl adjacent to an activating group) is 1. The molecule has 0 unspecified atom stereocenters. The minimum atomic E-state index is -5.08. The number of carbonyl (C=O) groups is 2. The van der Waals surface area contributed by atoms with Crippen LogP contribution in [0.5, 0.6) is 5.75 Å². The second kappa shape index (κ2) is 15.2. The van der Waals surface area contributed by atoms with Crippen molar-refractivity contribution in [2.75, 3.05) is 20.2 Å². The number of fused-ring (bicyclic) bond motifs is 1. The summed E-state index contributed by atoms with van der Waals surface area (Å²) in [7, 11) is 2.10. The molecular weight excluding hydrogens is 642 g/mol. The Morgan fingerprint density at radius 1 is 0.952 bits per heavy atom. The van der Waals surface area contributed by atoms with Gasteiger partial charge in [0.25, 0.3) is 0 Å². The summed E-state index contributed by atoms with van der Waals surface area (Å²) < 4.78 is 70.3. The highest BCUT2D eigenvalue weighted by Gasteiger charge is 2.38. The number of nitrogens with one attached hydrogen (secondary N) is 1. The fraction of sp³-hybridized carbons (Fsp3) is 0.231. The van der Waals surface area contributed by atoms with Crippen molar-refractivity contribution in [2.24, 2.45) is 0 Å². The lowest BCUT2D eigenvalue weighted by atomic mass is 10.2. The number of ether oxygens (including phenoxy) is 1. The van der Waals surface area contributed by atoms with Crippen LogP contribution in [0.15, 0.2) is 71.3 Å². The van der Waals surface area contributed by atoms with E-state index in [1.54, 1.807) is 6.20 Å². The third kappa shape index (κ3) is 11.7. The number of H-pyrrole nitrogens is 1. The van der Waals surface area contributed by atoms with Crippen molar-refractivity contribution in [2.45, 2.75) is 18.9 Å². The summed E-state index contributed by atoms with van der Waals surface area (Å²) in [5.41, 5.74) is 3.93. The Labute approximate surface area is 242 Å². The van der Waals surface area contributed by atoms with Gasteiger partial charge in [0.15, 0.2) is 5.65 Å². The zero-order valence-corrected chi connectivity index (χ0v) is 23.2. The van der Waals surface area contributed by atoms with Crippen molar-refractivity contribution in [3.63, 3.8) is 0 Å². The van der Waals surface area contributed by atoms with E-state index in [9.17, 15) is 26.3 Å². The number of pyridine rings is 1. The van der Waals surface area contributed by atoms with E-state index in [2.05, 4.69) is 67.1 Å². The maximum absolute atomic E-state index is 10.6. The first kappa shape index (κ1) is 34.0. The molecule has 4 aromatic rings. The number of carboxylic acid groups (broad SMARTS) is 2. The van der Waals surface area contributed by atoms with Gasteiger partial charge in [-0.3, -0.25) is 4.90 Å². The summed E-state index contributed by atoms with van der Waals surface area (Å²) in [6.45, 7) is 2.42. The Morgan fingerprint density at radius 2 is 1.50 bits per heavy atom. The van der Waals surface area contributed by atoms with Crippen LogP contribution in [0.2, 0.25) is 0 Å². The van der Waals surface area contributed by atoms with Gasteiger partial charge in [-0.1, -0.05) is 30.3 Å². The topological polar surface area (TPSA) is 129 Å². The fourth-order valence-corrected chi connectivity index (χ4v) is 3.33. The molecule has 3 N–H and O–H groups in total. The van der Waals surface area contributed by atoms with E-state index in [0.29, 0.717) is 6.61 Å². The SMILES string of the molecule is CN(CCOc1ccc(-c2nc3cc(Br)cnc3[nH]2)cc1)Cc1ccccc1.O=C(O)C(F)(F)F.O=C(O)C(F)(F)F. The molecule has 2 aromatic carbocycles. The van der Waals surface area contributed by atoms with Gasteiger partial charge in [-0.05, 0) is 58.9 Å². The van der Waals surface area contributed by atoms with Crippen molar-refractivity contribution in [1.82, 2.24) is 19.9 Å². The van der Waals surface area contributed by atoms with Gasteiger partial charge in [0, 0.05) is 29.3 Å². The number of carboxylic acids is 2. The summed E-state index contributed by atoms with van der Waals surface area (Å²) >= 11 is 3.42. The molecular formula is C26H23BrF6N4O5. The smallest absolute Gasteiger partial charge is 0.490 e. The molecule has 0 saturated heterocycles. The predicted octanol–water partition coefficient (Wildman–Crippen LogP) is 6.16. The molecule has 0 radical (unpaired) electrons. The van der Waals surface area contributed by atoms with Gasteiger partial charge in [0.2, 0.25) is 0 Å². The lowest BCUT2D eigenvalue weighted by Crippen LogP contribution is -2.23. The normalized spacial score (nSPS) is 11.3. The van der Waals surface area contributed by atoms with Gasteiger partial charge >= 0.3 is 24.3 Å². The van der Waals surface area contributed by atoms with E-state index in [1.165, 1.54) is 5.56 Å². The quantitative estimate of drug-likeness (QED) is 0.200. The molecule has 0 atom stereocenters. The third-order valence-electron chi connectivity index (χ3n) is 4.95. The second-order valence-corrected chi connectivity index (χ2v) is 9.22. The van der Waals surface area contributed by atoms with Crippen LogP contribution in [0.4, 0.5) is 26.3 Å². The van der Waals surface area contributed by atoms with E-state index in [4.69, 9.17) is 24.5 Å². The summed E-state index contributed by atoms with van der Waals surface area (Å²) in [5, 5.41) is 14.2. The van der Waals surface area contributed by atoms with Gasteiger partial charge in [-0.15, -0.1) is 0 Å². The first-order valence-corrected chi connectivity index (χ1v) is 12.4. The number of rotatable bonds is 7. The molecule has 2 aromatic heterocycles. The average molecular weight is 665 g/mol. The van der Waals surface area contributed by atoms with Gasteiger partial charge < -0.3 is 19.9 Å². The van der Waals surface area contributed by atoms with Crippen LogP contribution in [-0.2, 0) is 16.1 Å². The average Bonchev–Trinajstić information content (AvgIpc) is 3.32. The first-order chi connectivity index (χ1) is 19.6. The summed E-state index contributed by atoms with van der Waals surface area (Å²) in [4.78, 5) is 32.2. The molecule has 0 amide bonds. The molecule has 0 aliphatic carbocycles. The Morgan fingerprint density at radius 3 is 2.02 bits per heavy atom. The molecule has 0 aliphatic heterocycles. The van der Waals surface area contributed by atoms with Crippen molar-refractivity contribution in [3.8, 4) is 17.1 Å². The molecule has 0 saturated carbocycles. The number of imidazole rings is 1. The molecule has 0 bridgehead atoms. The molecule has 0 aliphatic rings. The number of aliphatic carboxylic acids is 2. The number of hydrogen-bond donors (Lipinski definition) is 3. The van der Waals surface area contributed by atoms with Gasteiger partial charge in [-0.2, -0.15) is 26.3 Å². The Balaban J connectivity index is 0.000000367. The number of alkyl halides is 6. The Kier molecular flexibility index (Phi) is 12.3. The minimum Gasteiger partial charge on any atom is -0.492 e. The summed E-state index contributed by atoms with van der Waals surface area (Å²) in [6.07, 6.45) is -8.41. The van der Waals surface area contributed by atoms with E-state index in [-0.39, 0.29) is 0 Å². The highest BCUT2D eigenvalue weighted by Crippen LogP contribution is 2.23. The number of hydrogen-bond acceptors (Lipinski definition) is 6. The highest BCUT2D eigenvalue weighted by atomic mass is 79.9. The van der Waals surface area contributed by atoms with Gasteiger partial charge in [0.05, 0.1) is 0 Å². The molecule has 0 spiro atoms. The maximum Gasteiger partial charge on any atom is 0.490 e. The van der Waals surface area contributed by atoms with E-state index >= 15 is 0 Å².